The molecular formula is C16H13N5O5. The number of amides is 1. The summed E-state index contributed by atoms with van der Waals surface area (Å²) in [4.78, 5) is 40.0. The number of aromatic amines is 1. The second-order valence-corrected chi connectivity index (χ2v) is 5.58. The lowest BCUT2D eigenvalue weighted by Crippen LogP contribution is -2.27. The first kappa shape index (κ1) is 17.0. The predicted octanol–water partition coefficient (Wildman–Crippen LogP) is 2.87. The smallest absolute Gasteiger partial charge is 0.271 e. The van der Waals surface area contributed by atoms with Gasteiger partial charge in [-0.1, -0.05) is 0 Å². The normalized spacial score (nSPS) is 11.9. The summed E-state index contributed by atoms with van der Waals surface area (Å²) in [5.74, 6) is 0.0228. The number of nitro benzene ring substituents is 2. The lowest BCUT2D eigenvalue weighted by molar-refractivity contribution is -0.385. The van der Waals surface area contributed by atoms with E-state index in [-0.39, 0.29) is 16.9 Å². The standard InChI is InChI=1S/C16H13N5O5/c1-9(17-16(22)10-2-4-11(5-3-10)20(23)24)15-18-13-7-6-12(21(25)26)8-14(13)19-15/h2-9H,1H3,(H,17,22)(H,18,19). The highest BCUT2D eigenvalue weighted by molar-refractivity contribution is 5.94. The number of non-ortho nitro benzene ring substituents is 2. The van der Waals surface area contributed by atoms with Gasteiger partial charge in [-0.05, 0) is 25.1 Å². The van der Waals surface area contributed by atoms with E-state index in [2.05, 4.69) is 15.3 Å². The van der Waals surface area contributed by atoms with Gasteiger partial charge in [-0.15, -0.1) is 0 Å². The molecule has 3 rings (SSSR count). The van der Waals surface area contributed by atoms with Crippen molar-refractivity contribution < 1.29 is 14.6 Å². The Morgan fingerprint density at radius 1 is 1.08 bits per heavy atom. The molecule has 0 radical (unpaired) electrons. The van der Waals surface area contributed by atoms with Gasteiger partial charge in [-0.2, -0.15) is 0 Å². The Kier molecular flexibility index (Phi) is 4.31. The van der Waals surface area contributed by atoms with E-state index in [9.17, 15) is 25.0 Å². The molecule has 26 heavy (non-hydrogen) atoms. The quantitative estimate of drug-likeness (QED) is 0.532. The Balaban J connectivity index is 1.77. The summed E-state index contributed by atoms with van der Waals surface area (Å²) in [5.41, 5.74) is 1.14. The van der Waals surface area contributed by atoms with Crippen LogP contribution in [0.5, 0.6) is 0 Å². The second kappa shape index (κ2) is 6.59. The fourth-order valence-corrected chi connectivity index (χ4v) is 2.42. The number of imidazole rings is 1. The molecule has 3 aromatic rings. The Morgan fingerprint density at radius 2 is 1.69 bits per heavy atom. The molecule has 0 aliphatic heterocycles. The van der Waals surface area contributed by atoms with Crippen LogP contribution in [0.1, 0.15) is 29.1 Å². The molecule has 1 heterocycles. The molecule has 2 aromatic carbocycles. The maximum atomic E-state index is 12.3. The van der Waals surface area contributed by atoms with Gasteiger partial charge in [0.2, 0.25) is 0 Å². The first-order chi connectivity index (χ1) is 12.3. The van der Waals surface area contributed by atoms with Crippen LogP contribution in [0.2, 0.25) is 0 Å². The number of fused-ring (bicyclic) bond motifs is 1. The number of aromatic nitrogens is 2. The van der Waals surface area contributed by atoms with Gasteiger partial charge in [-0.25, -0.2) is 4.98 Å². The van der Waals surface area contributed by atoms with E-state index in [4.69, 9.17) is 0 Å². The second-order valence-electron chi connectivity index (χ2n) is 5.58. The van der Waals surface area contributed by atoms with Crippen LogP contribution in [-0.4, -0.2) is 25.7 Å². The summed E-state index contributed by atoms with van der Waals surface area (Å²) >= 11 is 0. The topological polar surface area (TPSA) is 144 Å². The number of nitrogens with one attached hydrogen (secondary N) is 2. The molecule has 0 saturated heterocycles. The molecular weight excluding hydrogens is 342 g/mol. The van der Waals surface area contributed by atoms with E-state index in [1.54, 1.807) is 6.92 Å². The maximum absolute atomic E-state index is 12.3. The highest BCUT2D eigenvalue weighted by Gasteiger charge is 2.17. The van der Waals surface area contributed by atoms with E-state index in [1.165, 1.54) is 42.5 Å². The van der Waals surface area contributed by atoms with Crippen LogP contribution in [-0.2, 0) is 0 Å². The van der Waals surface area contributed by atoms with Crippen LogP contribution in [0.3, 0.4) is 0 Å². The molecule has 0 spiro atoms. The molecule has 1 amide bonds. The van der Waals surface area contributed by atoms with Gasteiger partial charge in [0, 0.05) is 29.8 Å². The van der Waals surface area contributed by atoms with Gasteiger partial charge in [0.05, 0.1) is 26.9 Å². The fourth-order valence-electron chi connectivity index (χ4n) is 2.42. The summed E-state index contributed by atoms with van der Waals surface area (Å²) in [6, 6.07) is 8.98. The Labute approximate surface area is 146 Å². The van der Waals surface area contributed by atoms with Crippen molar-refractivity contribution in [2.24, 2.45) is 0 Å². The Morgan fingerprint density at radius 3 is 2.31 bits per heavy atom. The minimum atomic E-state index is -0.544. The number of hydrogen-bond acceptors (Lipinski definition) is 6. The van der Waals surface area contributed by atoms with Crippen LogP contribution in [0.25, 0.3) is 11.0 Å². The average molecular weight is 355 g/mol. The summed E-state index contributed by atoms with van der Waals surface area (Å²) in [7, 11) is 0. The van der Waals surface area contributed by atoms with Gasteiger partial charge in [-0.3, -0.25) is 25.0 Å². The lowest BCUT2D eigenvalue weighted by Gasteiger charge is -2.11. The molecule has 0 aliphatic carbocycles. The summed E-state index contributed by atoms with van der Waals surface area (Å²) in [5, 5.41) is 24.2. The van der Waals surface area contributed by atoms with Gasteiger partial charge in [0.1, 0.15) is 5.82 Å². The highest BCUT2D eigenvalue weighted by Crippen LogP contribution is 2.21. The summed E-state index contributed by atoms with van der Waals surface area (Å²) < 4.78 is 0. The molecule has 0 fully saturated rings. The minimum absolute atomic E-state index is 0.0599. The first-order valence-electron chi connectivity index (χ1n) is 7.54. The van der Waals surface area contributed by atoms with Crippen molar-refractivity contribution >= 4 is 28.3 Å². The molecule has 0 saturated carbocycles. The molecule has 2 N–H and O–H groups in total. The van der Waals surface area contributed by atoms with Gasteiger partial charge in [0.15, 0.2) is 0 Å². The largest absolute Gasteiger partial charge is 0.342 e. The lowest BCUT2D eigenvalue weighted by atomic mass is 10.2. The fraction of sp³-hybridized carbons (Fsp3) is 0.125. The number of carbonyl (C=O) groups is 1. The van der Waals surface area contributed by atoms with Crippen molar-refractivity contribution in [1.82, 2.24) is 15.3 Å². The van der Waals surface area contributed by atoms with Crippen molar-refractivity contribution in [3.05, 3.63) is 74.1 Å². The maximum Gasteiger partial charge on any atom is 0.271 e. The highest BCUT2D eigenvalue weighted by atomic mass is 16.6. The molecule has 10 nitrogen and oxygen atoms in total. The molecule has 132 valence electrons. The average Bonchev–Trinajstić information content (AvgIpc) is 3.05. The first-order valence-corrected chi connectivity index (χ1v) is 7.54. The van der Waals surface area contributed by atoms with E-state index in [0.29, 0.717) is 16.9 Å². The van der Waals surface area contributed by atoms with Crippen LogP contribution >= 0.6 is 0 Å². The molecule has 1 aromatic heterocycles. The van der Waals surface area contributed by atoms with E-state index in [1.807, 2.05) is 0 Å². The summed E-state index contributed by atoms with van der Waals surface area (Å²) in [6.07, 6.45) is 0. The number of nitro groups is 2. The number of rotatable bonds is 5. The van der Waals surface area contributed by atoms with Crippen molar-refractivity contribution in [3.8, 4) is 0 Å². The van der Waals surface area contributed by atoms with E-state index < -0.39 is 21.8 Å². The van der Waals surface area contributed by atoms with Crippen molar-refractivity contribution in [2.45, 2.75) is 13.0 Å². The van der Waals surface area contributed by atoms with Crippen LogP contribution in [0.15, 0.2) is 42.5 Å². The molecule has 0 aliphatic rings. The van der Waals surface area contributed by atoms with Crippen molar-refractivity contribution in [3.63, 3.8) is 0 Å². The number of H-pyrrole nitrogens is 1. The zero-order valence-corrected chi connectivity index (χ0v) is 13.5. The molecule has 1 unspecified atom stereocenters. The Bertz CT molecular complexity index is 1010. The third-order valence-corrected chi connectivity index (χ3v) is 3.79. The SMILES string of the molecule is CC(NC(=O)c1ccc([N+](=O)[O-])cc1)c1nc2ccc([N+](=O)[O-])cc2[nH]1. The summed E-state index contributed by atoms with van der Waals surface area (Å²) in [6.45, 7) is 1.70. The van der Waals surface area contributed by atoms with Crippen molar-refractivity contribution in [2.75, 3.05) is 0 Å². The number of carbonyl (C=O) groups excluding carboxylic acids is 1. The molecule has 0 bridgehead atoms. The zero-order chi connectivity index (χ0) is 18.8. The van der Waals surface area contributed by atoms with Crippen LogP contribution in [0.4, 0.5) is 11.4 Å². The third-order valence-electron chi connectivity index (χ3n) is 3.79. The zero-order valence-electron chi connectivity index (χ0n) is 13.5. The number of hydrogen-bond donors (Lipinski definition) is 2. The Hall–Kier alpha value is -3.82. The minimum Gasteiger partial charge on any atom is -0.342 e. The monoisotopic (exact) mass is 355 g/mol. The molecule has 1 atom stereocenters. The van der Waals surface area contributed by atoms with Crippen LogP contribution in [0, 0.1) is 20.2 Å². The third kappa shape index (κ3) is 3.34. The van der Waals surface area contributed by atoms with E-state index >= 15 is 0 Å². The molecule has 10 heteroatoms. The van der Waals surface area contributed by atoms with Crippen molar-refractivity contribution in [1.29, 1.82) is 0 Å². The van der Waals surface area contributed by atoms with Gasteiger partial charge in [0.25, 0.3) is 17.3 Å². The predicted molar refractivity (Wildman–Crippen MR) is 91.7 cm³/mol. The number of benzene rings is 2. The van der Waals surface area contributed by atoms with Crippen LogP contribution < -0.4 is 5.32 Å². The number of nitrogens with zero attached hydrogens (tertiary/aromatic N) is 3. The van der Waals surface area contributed by atoms with Gasteiger partial charge >= 0.3 is 0 Å². The van der Waals surface area contributed by atoms with Gasteiger partial charge < -0.3 is 10.3 Å². The van der Waals surface area contributed by atoms with E-state index in [0.717, 1.165) is 0 Å².